The zero-order valence-electron chi connectivity index (χ0n) is 22.6. The van der Waals surface area contributed by atoms with Crippen LogP contribution in [0, 0.1) is 0 Å². The Hall–Kier alpha value is -4.20. The first-order chi connectivity index (χ1) is 18.8. The lowest BCUT2D eigenvalue weighted by atomic mass is 10.0. The molecule has 1 saturated heterocycles. The first-order valence-corrected chi connectivity index (χ1v) is 13.7. The summed E-state index contributed by atoms with van der Waals surface area (Å²) in [4.78, 5) is 63.4. The van der Waals surface area contributed by atoms with Gasteiger partial charge in [-0.25, -0.2) is 14.4 Å². The summed E-state index contributed by atoms with van der Waals surface area (Å²) in [6.45, 7) is 8.30. The van der Waals surface area contributed by atoms with E-state index in [1.807, 2.05) is 0 Å². The van der Waals surface area contributed by atoms with Crippen LogP contribution in [0.5, 0.6) is 5.75 Å². The molecule has 4 atom stereocenters. The fourth-order valence-electron chi connectivity index (χ4n) is 4.07. The first kappa shape index (κ1) is 30.3. The third kappa shape index (κ3) is 6.86. The highest BCUT2D eigenvalue weighted by atomic mass is 32.2. The van der Waals surface area contributed by atoms with Gasteiger partial charge in [-0.3, -0.25) is 18.7 Å². The second-order valence-electron chi connectivity index (χ2n) is 9.72. The van der Waals surface area contributed by atoms with Crippen molar-refractivity contribution >= 4 is 40.8 Å². The van der Waals surface area contributed by atoms with Gasteiger partial charge in [-0.15, -0.1) is 0 Å². The number of carboxylic acid groups (broad SMARTS) is 1. The van der Waals surface area contributed by atoms with Crippen molar-refractivity contribution in [3.05, 3.63) is 53.3 Å². The number of amides is 3. The van der Waals surface area contributed by atoms with E-state index in [4.69, 9.17) is 14.2 Å². The number of allylic oxidation sites excluding steroid dienone is 2. The number of ether oxygens (including phenoxy) is 3. The molecule has 0 saturated carbocycles. The molecule has 2 heterocycles. The fourth-order valence-corrected chi connectivity index (χ4v) is 5.71. The van der Waals surface area contributed by atoms with Gasteiger partial charge >= 0.3 is 18.2 Å². The summed E-state index contributed by atoms with van der Waals surface area (Å²) in [6.07, 6.45) is 1.22. The van der Waals surface area contributed by atoms with Gasteiger partial charge in [0.1, 0.15) is 34.5 Å². The summed E-state index contributed by atoms with van der Waals surface area (Å²) in [5.74, 6) is -2.94. The van der Waals surface area contributed by atoms with Crippen LogP contribution in [0.2, 0.25) is 0 Å². The summed E-state index contributed by atoms with van der Waals surface area (Å²) >= 11 is 0. The van der Waals surface area contributed by atoms with Crippen LogP contribution in [0.4, 0.5) is 9.59 Å². The maximum atomic E-state index is 13.4. The predicted molar refractivity (Wildman–Crippen MR) is 141 cm³/mol. The van der Waals surface area contributed by atoms with E-state index in [0.29, 0.717) is 0 Å². The highest BCUT2D eigenvalue weighted by Crippen LogP contribution is 2.35. The number of benzene rings is 1. The zero-order chi connectivity index (χ0) is 29.8. The van der Waals surface area contributed by atoms with Crippen LogP contribution in [0.3, 0.4) is 0 Å². The quantitative estimate of drug-likeness (QED) is 0.235. The van der Waals surface area contributed by atoms with Crippen molar-refractivity contribution in [2.24, 2.45) is 0 Å². The third-order valence-electron chi connectivity index (χ3n) is 5.62. The molecule has 14 heteroatoms. The van der Waals surface area contributed by atoms with Crippen molar-refractivity contribution in [1.29, 1.82) is 0 Å². The molecule has 0 aliphatic carbocycles. The van der Waals surface area contributed by atoms with Crippen LogP contribution < -0.4 is 15.4 Å². The van der Waals surface area contributed by atoms with Gasteiger partial charge in [0, 0.05) is 0 Å². The minimum Gasteiger partial charge on any atom is -0.477 e. The highest BCUT2D eigenvalue weighted by Gasteiger charge is 2.57. The van der Waals surface area contributed by atoms with E-state index in [0.717, 1.165) is 4.90 Å². The van der Waals surface area contributed by atoms with Crippen molar-refractivity contribution in [2.75, 3.05) is 12.4 Å². The highest BCUT2D eigenvalue weighted by molar-refractivity contribution is 7.86. The standard InChI is InChI=1S/C26H31N3O10S/c1-6-8-15-13-40(36)22-18(21(31)29(22)19(15)23(32)33)27-20(30)17(28-24(34)39-26(3,4)5)14-9-11-16(12-10-14)38-25(35)37-7-2/h6,8-12,17-18,22H,7,13H2,1-5H3,(H,27,30)(H,28,34)(H,32,33)/b8-6+/t17-,18-,22-,40?/m1/s1. The molecule has 13 nitrogen and oxygen atoms in total. The molecule has 3 rings (SSSR count). The van der Waals surface area contributed by atoms with E-state index < -0.39 is 63.9 Å². The molecule has 3 N–H and O–H groups in total. The zero-order valence-corrected chi connectivity index (χ0v) is 23.4. The molecule has 1 aromatic carbocycles. The van der Waals surface area contributed by atoms with Gasteiger partial charge in [-0.05, 0) is 57.9 Å². The smallest absolute Gasteiger partial charge is 0.477 e. The lowest BCUT2D eigenvalue weighted by molar-refractivity contribution is -0.151. The Morgan fingerprint density at radius 1 is 1.20 bits per heavy atom. The van der Waals surface area contributed by atoms with Crippen molar-refractivity contribution < 1.29 is 47.5 Å². The number of alkyl carbamates (subject to hydrolysis) is 1. The lowest BCUT2D eigenvalue weighted by Gasteiger charge is -2.49. The second kappa shape index (κ2) is 12.3. The number of carbonyl (C=O) groups excluding carboxylic acids is 4. The number of nitrogens with zero attached hydrogens (tertiary/aromatic N) is 1. The minimum absolute atomic E-state index is 0.114. The molecule has 40 heavy (non-hydrogen) atoms. The number of β-lactam (4-membered cyclic amide) rings is 1. The molecule has 0 bridgehead atoms. The summed E-state index contributed by atoms with van der Waals surface area (Å²) in [6, 6.07) is 2.92. The SMILES string of the molecule is C/C=C/C1=C(C(=O)O)N2C(=O)[C@@H](NC(=O)[C@H](NC(=O)OC(C)(C)C)c3ccc(OC(=O)OCC)cc3)[C@H]2S(=O)C1. The monoisotopic (exact) mass is 577 g/mol. The Morgan fingerprint density at radius 2 is 1.85 bits per heavy atom. The number of hydrogen-bond acceptors (Lipinski definition) is 9. The Kier molecular flexibility index (Phi) is 9.35. The summed E-state index contributed by atoms with van der Waals surface area (Å²) in [5.41, 5.74) is -0.693. The topological polar surface area (TPSA) is 178 Å². The summed E-state index contributed by atoms with van der Waals surface area (Å²) in [5, 5.41) is 13.5. The van der Waals surface area contributed by atoms with Gasteiger partial charge in [0.05, 0.1) is 23.2 Å². The Balaban J connectivity index is 1.85. The Labute approximate surface area is 233 Å². The van der Waals surface area contributed by atoms with Crippen molar-refractivity contribution in [3.63, 3.8) is 0 Å². The van der Waals surface area contributed by atoms with Crippen LogP contribution in [0.1, 0.15) is 46.2 Å². The number of hydrogen-bond donors (Lipinski definition) is 3. The molecule has 216 valence electrons. The summed E-state index contributed by atoms with van der Waals surface area (Å²) < 4.78 is 28.0. The number of nitrogens with one attached hydrogen (secondary N) is 2. The van der Waals surface area contributed by atoms with E-state index in [2.05, 4.69) is 10.6 Å². The number of aliphatic carboxylic acids is 1. The Morgan fingerprint density at radius 3 is 2.40 bits per heavy atom. The van der Waals surface area contributed by atoms with E-state index >= 15 is 0 Å². The van der Waals surface area contributed by atoms with Crippen LogP contribution in [0.25, 0.3) is 0 Å². The molecular weight excluding hydrogens is 546 g/mol. The van der Waals surface area contributed by atoms with Crippen molar-refractivity contribution in [1.82, 2.24) is 15.5 Å². The minimum atomic E-state index is -1.71. The maximum Gasteiger partial charge on any atom is 0.513 e. The number of carboxylic acids is 1. The third-order valence-corrected chi connectivity index (χ3v) is 7.24. The van der Waals surface area contributed by atoms with E-state index in [-0.39, 0.29) is 34.9 Å². The van der Waals surface area contributed by atoms with Gasteiger partial charge < -0.3 is 30.0 Å². The van der Waals surface area contributed by atoms with E-state index in [1.54, 1.807) is 40.7 Å². The van der Waals surface area contributed by atoms with Gasteiger partial charge in [0.15, 0.2) is 0 Å². The number of rotatable bonds is 8. The van der Waals surface area contributed by atoms with E-state index in [9.17, 15) is 33.3 Å². The Bertz CT molecular complexity index is 1280. The van der Waals surface area contributed by atoms with Gasteiger partial charge in [0.25, 0.3) is 5.91 Å². The number of carbonyl (C=O) groups is 5. The maximum absolute atomic E-state index is 13.4. The predicted octanol–water partition coefficient (Wildman–Crippen LogP) is 2.12. The molecule has 2 aliphatic rings. The molecule has 3 amide bonds. The largest absolute Gasteiger partial charge is 0.513 e. The average molecular weight is 578 g/mol. The second-order valence-corrected chi connectivity index (χ2v) is 11.3. The molecule has 1 fully saturated rings. The molecule has 2 aliphatic heterocycles. The molecule has 0 spiro atoms. The van der Waals surface area contributed by atoms with E-state index in [1.165, 1.54) is 30.3 Å². The molecule has 0 radical (unpaired) electrons. The number of fused-ring (bicyclic) bond motifs is 1. The van der Waals surface area contributed by atoms with Gasteiger partial charge in [0.2, 0.25) is 5.91 Å². The molecule has 1 aromatic rings. The van der Waals surface area contributed by atoms with Crippen LogP contribution in [0.15, 0.2) is 47.7 Å². The van der Waals surface area contributed by atoms with Crippen molar-refractivity contribution in [3.8, 4) is 5.75 Å². The van der Waals surface area contributed by atoms with Gasteiger partial charge in [-0.2, -0.15) is 0 Å². The fraction of sp³-hybridized carbons (Fsp3) is 0.423. The van der Waals surface area contributed by atoms with Crippen molar-refractivity contribution in [2.45, 2.75) is 57.7 Å². The van der Waals surface area contributed by atoms with Gasteiger partial charge in [-0.1, -0.05) is 24.3 Å². The molecular formula is C26H31N3O10S. The summed E-state index contributed by atoms with van der Waals surface area (Å²) in [7, 11) is -1.71. The van der Waals surface area contributed by atoms with Crippen LogP contribution >= 0.6 is 0 Å². The first-order valence-electron chi connectivity index (χ1n) is 12.3. The average Bonchev–Trinajstić information content (AvgIpc) is 2.85. The van der Waals surface area contributed by atoms with Crippen LogP contribution in [-0.4, -0.2) is 73.6 Å². The normalized spacial score (nSPS) is 21.2. The van der Waals surface area contributed by atoms with Crippen LogP contribution in [-0.2, 0) is 34.7 Å². The molecule has 0 aromatic heterocycles. The molecule has 1 unspecified atom stereocenters. The lowest BCUT2D eigenvalue weighted by Crippen LogP contribution is -2.74.